The first-order valence-electron chi connectivity index (χ1n) is 6.25. The minimum atomic E-state index is -3.62. The Morgan fingerprint density at radius 1 is 1.35 bits per heavy atom. The number of sulfonamides is 1. The molecule has 0 fully saturated rings. The third-order valence-electron chi connectivity index (χ3n) is 3.13. The molecule has 2 rings (SSSR count). The minimum Gasteiger partial charge on any atom is -0.329 e. The molecule has 0 saturated carbocycles. The number of nitrogens with one attached hydrogen (secondary N) is 1. The van der Waals surface area contributed by atoms with Crippen LogP contribution in [0.25, 0.3) is 0 Å². The third kappa shape index (κ3) is 3.00. The molecule has 0 radical (unpaired) electrons. The van der Waals surface area contributed by atoms with E-state index in [1.54, 1.807) is 6.07 Å². The van der Waals surface area contributed by atoms with Crippen LogP contribution < -0.4 is 10.5 Å². The molecule has 0 aliphatic heterocycles. The molecule has 108 valence electrons. The van der Waals surface area contributed by atoms with Crippen LogP contribution in [0.2, 0.25) is 0 Å². The highest BCUT2D eigenvalue weighted by atomic mass is 32.2. The fourth-order valence-corrected chi connectivity index (χ4v) is 2.88. The zero-order chi connectivity index (χ0) is 14.8. The molecule has 0 spiro atoms. The predicted octanol–water partition coefficient (Wildman–Crippen LogP) is 1.26. The summed E-state index contributed by atoms with van der Waals surface area (Å²) in [6.45, 7) is 4.71. The summed E-state index contributed by atoms with van der Waals surface area (Å²) in [7, 11) is -3.62. The summed E-state index contributed by atoms with van der Waals surface area (Å²) in [5.41, 5.74) is 7.93. The summed E-state index contributed by atoms with van der Waals surface area (Å²) in [5.74, 6) is 0. The Labute approximate surface area is 118 Å². The number of nitrogens with zero attached hydrogens (tertiary/aromatic N) is 2. The Morgan fingerprint density at radius 2 is 2.10 bits per heavy atom. The molecule has 0 saturated heterocycles. The van der Waals surface area contributed by atoms with Crippen LogP contribution in [0.1, 0.15) is 11.1 Å². The third-order valence-corrected chi connectivity index (χ3v) is 4.45. The van der Waals surface area contributed by atoms with Gasteiger partial charge in [0.25, 0.3) is 10.0 Å². The Hall–Kier alpha value is -1.86. The van der Waals surface area contributed by atoms with Gasteiger partial charge in [-0.05, 0) is 31.0 Å². The fourth-order valence-electron chi connectivity index (χ4n) is 1.80. The van der Waals surface area contributed by atoms with Crippen molar-refractivity contribution in [1.29, 1.82) is 0 Å². The van der Waals surface area contributed by atoms with E-state index in [-0.39, 0.29) is 4.90 Å². The molecule has 0 bridgehead atoms. The van der Waals surface area contributed by atoms with E-state index >= 15 is 0 Å². The number of anilines is 1. The lowest BCUT2D eigenvalue weighted by atomic mass is 10.1. The van der Waals surface area contributed by atoms with Crippen molar-refractivity contribution in [1.82, 2.24) is 9.78 Å². The van der Waals surface area contributed by atoms with Crippen molar-refractivity contribution >= 4 is 15.7 Å². The van der Waals surface area contributed by atoms with Crippen molar-refractivity contribution in [2.24, 2.45) is 5.73 Å². The Bertz CT molecular complexity index is 707. The van der Waals surface area contributed by atoms with Crippen molar-refractivity contribution < 1.29 is 8.42 Å². The van der Waals surface area contributed by atoms with E-state index in [0.717, 1.165) is 11.1 Å². The monoisotopic (exact) mass is 294 g/mol. The largest absolute Gasteiger partial charge is 0.329 e. The molecule has 6 nitrogen and oxygen atoms in total. The smallest absolute Gasteiger partial charge is 0.265 e. The van der Waals surface area contributed by atoms with E-state index < -0.39 is 10.0 Å². The van der Waals surface area contributed by atoms with Gasteiger partial charge in [-0.2, -0.15) is 5.10 Å². The van der Waals surface area contributed by atoms with Gasteiger partial charge < -0.3 is 5.73 Å². The Kier molecular flexibility index (Phi) is 4.10. The summed E-state index contributed by atoms with van der Waals surface area (Å²) in [6.07, 6.45) is 2.80. The summed E-state index contributed by atoms with van der Waals surface area (Å²) in [6, 6.07) is 5.49. The second kappa shape index (κ2) is 5.64. The first-order chi connectivity index (χ1) is 9.44. The van der Waals surface area contributed by atoms with E-state index in [2.05, 4.69) is 9.82 Å². The van der Waals surface area contributed by atoms with E-state index in [4.69, 9.17) is 5.73 Å². The van der Waals surface area contributed by atoms with E-state index in [1.807, 2.05) is 26.0 Å². The van der Waals surface area contributed by atoms with Crippen molar-refractivity contribution in [3.8, 4) is 0 Å². The van der Waals surface area contributed by atoms with Gasteiger partial charge in [0.05, 0.1) is 18.4 Å². The van der Waals surface area contributed by atoms with Gasteiger partial charge in [0, 0.05) is 12.7 Å². The van der Waals surface area contributed by atoms with E-state index in [1.165, 1.54) is 17.1 Å². The first kappa shape index (κ1) is 14.5. The molecule has 1 heterocycles. The van der Waals surface area contributed by atoms with Crippen molar-refractivity contribution in [2.75, 3.05) is 11.3 Å². The number of benzene rings is 1. The molecule has 0 aliphatic carbocycles. The van der Waals surface area contributed by atoms with Crippen LogP contribution >= 0.6 is 0 Å². The maximum absolute atomic E-state index is 12.3. The summed E-state index contributed by atoms with van der Waals surface area (Å²) >= 11 is 0. The zero-order valence-corrected chi connectivity index (χ0v) is 12.3. The molecule has 3 N–H and O–H groups in total. The highest BCUT2D eigenvalue weighted by Gasteiger charge is 2.17. The zero-order valence-electron chi connectivity index (χ0n) is 11.5. The number of aromatic nitrogens is 2. The lowest BCUT2D eigenvalue weighted by Crippen LogP contribution is -2.14. The number of hydrogen-bond donors (Lipinski definition) is 2. The minimum absolute atomic E-state index is 0.131. The number of rotatable bonds is 5. The van der Waals surface area contributed by atoms with Gasteiger partial charge in [0.2, 0.25) is 0 Å². The fraction of sp³-hybridized carbons (Fsp3) is 0.308. The van der Waals surface area contributed by atoms with Crippen LogP contribution in [0.4, 0.5) is 5.69 Å². The summed E-state index contributed by atoms with van der Waals surface area (Å²) in [5, 5.41) is 3.97. The van der Waals surface area contributed by atoms with Crippen molar-refractivity contribution in [3.63, 3.8) is 0 Å². The summed E-state index contributed by atoms with van der Waals surface area (Å²) in [4.78, 5) is 0.131. The molecule has 7 heteroatoms. The number of hydrogen-bond acceptors (Lipinski definition) is 4. The SMILES string of the molecule is Cc1cccc(NS(=O)(=O)c2cnn(CCN)c2)c1C. The van der Waals surface area contributed by atoms with Gasteiger partial charge in [-0.3, -0.25) is 9.40 Å². The van der Waals surface area contributed by atoms with Gasteiger partial charge in [-0.1, -0.05) is 12.1 Å². The van der Waals surface area contributed by atoms with Crippen LogP contribution in [-0.2, 0) is 16.6 Å². The predicted molar refractivity (Wildman–Crippen MR) is 78.0 cm³/mol. The van der Waals surface area contributed by atoms with Gasteiger partial charge in [0.1, 0.15) is 4.90 Å². The number of nitrogens with two attached hydrogens (primary N) is 1. The standard InChI is InChI=1S/C13H18N4O2S/c1-10-4-3-5-13(11(10)2)16-20(18,19)12-8-15-17(9-12)7-6-14/h3-5,8-9,16H,6-7,14H2,1-2H3. The normalized spacial score (nSPS) is 11.6. The molecule has 0 aliphatic rings. The van der Waals surface area contributed by atoms with E-state index in [0.29, 0.717) is 18.8 Å². The van der Waals surface area contributed by atoms with Crippen LogP contribution in [0.3, 0.4) is 0 Å². The maximum atomic E-state index is 12.3. The molecule has 20 heavy (non-hydrogen) atoms. The second-order valence-electron chi connectivity index (χ2n) is 4.58. The maximum Gasteiger partial charge on any atom is 0.265 e. The molecule has 0 amide bonds. The Balaban J connectivity index is 2.28. The molecular formula is C13H18N4O2S. The van der Waals surface area contributed by atoms with Crippen LogP contribution in [0.5, 0.6) is 0 Å². The van der Waals surface area contributed by atoms with Crippen LogP contribution in [0.15, 0.2) is 35.5 Å². The molecule has 1 aromatic carbocycles. The highest BCUT2D eigenvalue weighted by Crippen LogP contribution is 2.21. The highest BCUT2D eigenvalue weighted by molar-refractivity contribution is 7.92. The summed E-state index contributed by atoms with van der Waals surface area (Å²) < 4.78 is 28.7. The molecule has 2 aromatic rings. The van der Waals surface area contributed by atoms with E-state index in [9.17, 15) is 8.42 Å². The van der Waals surface area contributed by atoms with Crippen molar-refractivity contribution in [2.45, 2.75) is 25.3 Å². The van der Waals surface area contributed by atoms with Gasteiger partial charge in [0.15, 0.2) is 0 Å². The van der Waals surface area contributed by atoms with Gasteiger partial charge in [-0.15, -0.1) is 0 Å². The molecule has 0 unspecified atom stereocenters. The van der Waals surface area contributed by atoms with Crippen LogP contribution in [-0.4, -0.2) is 24.7 Å². The topological polar surface area (TPSA) is 90.0 Å². The van der Waals surface area contributed by atoms with Crippen molar-refractivity contribution in [3.05, 3.63) is 41.7 Å². The molecule has 0 atom stereocenters. The first-order valence-corrected chi connectivity index (χ1v) is 7.74. The average Bonchev–Trinajstić information content (AvgIpc) is 2.85. The average molecular weight is 294 g/mol. The lowest BCUT2D eigenvalue weighted by molar-refractivity contribution is 0.599. The lowest BCUT2D eigenvalue weighted by Gasteiger charge is -2.10. The quantitative estimate of drug-likeness (QED) is 0.868. The molecular weight excluding hydrogens is 276 g/mol. The van der Waals surface area contributed by atoms with Gasteiger partial charge in [-0.25, -0.2) is 8.42 Å². The number of aryl methyl sites for hydroxylation is 1. The van der Waals surface area contributed by atoms with Gasteiger partial charge >= 0.3 is 0 Å². The van der Waals surface area contributed by atoms with Crippen LogP contribution in [0, 0.1) is 13.8 Å². The second-order valence-corrected chi connectivity index (χ2v) is 6.26. The molecule has 1 aromatic heterocycles. The Morgan fingerprint density at radius 3 is 2.80 bits per heavy atom.